The van der Waals surface area contributed by atoms with Crippen LogP contribution in [0.15, 0.2) is 78.9 Å². The second kappa shape index (κ2) is 14.1. The molecule has 3 aromatic rings. The maximum absolute atomic E-state index is 12.6. The van der Waals surface area contributed by atoms with Gasteiger partial charge in [0.15, 0.2) is 5.11 Å². The maximum atomic E-state index is 12.6. The van der Waals surface area contributed by atoms with Gasteiger partial charge in [-0.3, -0.25) is 15.6 Å². The first kappa shape index (κ1) is 27.0. The van der Waals surface area contributed by atoms with Gasteiger partial charge in [-0.1, -0.05) is 61.5 Å². The normalized spacial score (nSPS) is 12.2. The fourth-order valence-corrected chi connectivity index (χ4v) is 4.14. The highest BCUT2D eigenvalue weighted by Crippen LogP contribution is 2.35. The predicted molar refractivity (Wildman–Crippen MR) is 147 cm³/mol. The average Bonchev–Trinajstić information content (AvgIpc) is 2.93. The number of carbonyl (C=O) groups is 1. The number of hydrazine groups is 1. The monoisotopic (exact) mass is 506 g/mol. The summed E-state index contributed by atoms with van der Waals surface area (Å²) < 4.78 is 10.6. The lowest BCUT2D eigenvalue weighted by atomic mass is 9.85. The Hall–Kier alpha value is -3.62. The smallest absolute Gasteiger partial charge is 0.252 e. The van der Waals surface area contributed by atoms with Crippen molar-refractivity contribution in [3.05, 3.63) is 95.6 Å². The summed E-state index contributed by atoms with van der Waals surface area (Å²) in [7, 11) is 3.30. The van der Waals surface area contributed by atoms with Gasteiger partial charge in [0.25, 0.3) is 5.91 Å². The van der Waals surface area contributed by atoms with Crippen molar-refractivity contribution in [2.24, 2.45) is 0 Å². The largest absolute Gasteiger partial charge is 0.497 e. The van der Waals surface area contributed by atoms with Gasteiger partial charge in [0.2, 0.25) is 0 Å². The summed E-state index contributed by atoms with van der Waals surface area (Å²) in [6, 6.07) is 25.8. The van der Waals surface area contributed by atoms with E-state index in [1.165, 1.54) is 0 Å². The van der Waals surface area contributed by atoms with Crippen LogP contribution in [0.25, 0.3) is 0 Å². The van der Waals surface area contributed by atoms with Gasteiger partial charge in [-0.25, -0.2) is 0 Å². The van der Waals surface area contributed by atoms with Crippen LogP contribution in [0.5, 0.6) is 11.5 Å². The molecule has 36 heavy (non-hydrogen) atoms. The first-order valence-corrected chi connectivity index (χ1v) is 12.3. The lowest BCUT2D eigenvalue weighted by molar-refractivity contribution is -0.121. The van der Waals surface area contributed by atoms with Crippen molar-refractivity contribution in [3.8, 4) is 11.5 Å². The van der Waals surface area contributed by atoms with Crippen LogP contribution in [0, 0.1) is 0 Å². The zero-order valence-corrected chi connectivity index (χ0v) is 21.7. The van der Waals surface area contributed by atoms with Crippen molar-refractivity contribution in [3.63, 3.8) is 0 Å². The van der Waals surface area contributed by atoms with Crippen molar-refractivity contribution in [1.29, 1.82) is 0 Å². The lowest BCUT2D eigenvalue weighted by Crippen LogP contribution is -2.49. The Morgan fingerprint density at radius 3 is 1.97 bits per heavy atom. The Kier molecular flexibility index (Phi) is 10.5. The number of carbonyl (C=O) groups excluding carboxylic acids is 1. The molecule has 7 nitrogen and oxygen atoms in total. The average molecular weight is 507 g/mol. The summed E-state index contributed by atoms with van der Waals surface area (Å²) in [6.07, 6.45) is 0.878. The Morgan fingerprint density at radius 1 is 0.833 bits per heavy atom. The SMILES string of the molecule is CCC(c1ccc(OC)cc1)C(NCC(=O)NNC(=S)NCc1ccccc1)c1ccc(OC)cc1. The Labute approximate surface area is 218 Å². The molecule has 0 heterocycles. The number of methoxy groups -OCH3 is 2. The summed E-state index contributed by atoms with van der Waals surface area (Å²) in [5, 5.41) is 6.87. The standard InChI is InChI=1S/C28H34N4O3S/c1-4-25(21-10-14-23(34-2)15-11-21)27(22-12-16-24(35-3)17-13-22)29-19-26(33)31-32-28(36)30-18-20-8-6-5-7-9-20/h5-17,25,27,29H,4,18-19H2,1-3H3,(H,31,33)(H2,30,32,36). The summed E-state index contributed by atoms with van der Waals surface area (Å²) in [4.78, 5) is 12.6. The van der Waals surface area contributed by atoms with E-state index in [0.717, 1.165) is 34.6 Å². The Morgan fingerprint density at radius 2 is 1.42 bits per heavy atom. The van der Waals surface area contributed by atoms with Gasteiger partial charge in [-0.2, -0.15) is 0 Å². The highest BCUT2D eigenvalue weighted by molar-refractivity contribution is 7.80. The van der Waals surface area contributed by atoms with E-state index in [1.54, 1.807) is 14.2 Å². The lowest BCUT2D eigenvalue weighted by Gasteiger charge is -2.28. The van der Waals surface area contributed by atoms with E-state index in [0.29, 0.717) is 11.7 Å². The molecule has 0 saturated heterocycles. The van der Waals surface area contributed by atoms with E-state index in [9.17, 15) is 4.79 Å². The Bertz CT molecular complexity index is 1090. The molecule has 2 unspecified atom stereocenters. The van der Waals surface area contributed by atoms with Gasteiger partial charge in [0.05, 0.1) is 20.8 Å². The minimum Gasteiger partial charge on any atom is -0.497 e. The number of thiocarbonyl (C=S) groups is 1. The molecule has 0 radical (unpaired) electrons. The van der Waals surface area contributed by atoms with Gasteiger partial charge in [-0.05, 0) is 59.6 Å². The third-order valence-electron chi connectivity index (χ3n) is 5.95. The van der Waals surface area contributed by atoms with Gasteiger partial charge in [0, 0.05) is 18.5 Å². The molecule has 2 atom stereocenters. The summed E-state index contributed by atoms with van der Waals surface area (Å²) in [5.74, 6) is 1.51. The molecular formula is C28H34N4O3S. The number of benzene rings is 3. The van der Waals surface area contributed by atoms with Crippen LogP contribution in [0.3, 0.4) is 0 Å². The number of hydrogen-bond acceptors (Lipinski definition) is 5. The van der Waals surface area contributed by atoms with E-state index in [-0.39, 0.29) is 24.4 Å². The highest BCUT2D eigenvalue weighted by atomic mass is 32.1. The minimum atomic E-state index is -0.220. The molecule has 3 aromatic carbocycles. The number of amides is 1. The molecule has 8 heteroatoms. The molecule has 0 spiro atoms. The van der Waals surface area contributed by atoms with Crippen molar-refractivity contribution < 1.29 is 14.3 Å². The van der Waals surface area contributed by atoms with Gasteiger partial charge < -0.3 is 20.1 Å². The Balaban J connectivity index is 1.62. The van der Waals surface area contributed by atoms with Crippen LogP contribution in [-0.2, 0) is 11.3 Å². The summed E-state index contributed by atoms with van der Waals surface area (Å²) in [5.41, 5.74) is 8.76. The second-order valence-electron chi connectivity index (χ2n) is 8.26. The summed E-state index contributed by atoms with van der Waals surface area (Å²) >= 11 is 5.27. The molecule has 3 rings (SSSR count). The minimum absolute atomic E-state index is 0.0943. The van der Waals surface area contributed by atoms with Crippen LogP contribution in [0.2, 0.25) is 0 Å². The predicted octanol–water partition coefficient (Wildman–Crippen LogP) is 4.22. The number of nitrogens with one attached hydrogen (secondary N) is 4. The van der Waals surface area contributed by atoms with Gasteiger partial charge in [-0.15, -0.1) is 0 Å². The van der Waals surface area contributed by atoms with Crippen molar-refractivity contribution in [2.45, 2.75) is 31.8 Å². The zero-order chi connectivity index (χ0) is 25.8. The van der Waals surface area contributed by atoms with Crippen molar-refractivity contribution in [2.75, 3.05) is 20.8 Å². The molecule has 0 aromatic heterocycles. The number of ether oxygens (including phenoxy) is 2. The molecular weight excluding hydrogens is 472 g/mol. The third-order valence-corrected chi connectivity index (χ3v) is 6.20. The van der Waals surface area contributed by atoms with Gasteiger partial charge >= 0.3 is 0 Å². The molecule has 4 N–H and O–H groups in total. The molecule has 0 aliphatic rings. The molecule has 1 amide bonds. The first-order chi connectivity index (χ1) is 17.5. The molecule has 0 aliphatic carbocycles. The molecule has 190 valence electrons. The van der Waals surface area contributed by atoms with Crippen LogP contribution < -0.4 is 31.0 Å². The fourth-order valence-electron chi connectivity index (χ4n) is 4.01. The third kappa shape index (κ3) is 7.96. The highest BCUT2D eigenvalue weighted by Gasteiger charge is 2.24. The molecule has 0 saturated carbocycles. The number of rotatable bonds is 11. The quantitative estimate of drug-likeness (QED) is 0.229. The first-order valence-electron chi connectivity index (χ1n) is 11.9. The number of hydrogen-bond donors (Lipinski definition) is 4. The van der Waals surface area contributed by atoms with Crippen LogP contribution in [-0.4, -0.2) is 31.8 Å². The van der Waals surface area contributed by atoms with E-state index in [2.05, 4.69) is 40.5 Å². The fraction of sp³-hybridized carbons (Fsp3) is 0.286. The van der Waals surface area contributed by atoms with E-state index < -0.39 is 0 Å². The van der Waals surface area contributed by atoms with Gasteiger partial charge in [0.1, 0.15) is 11.5 Å². The van der Waals surface area contributed by atoms with Crippen molar-refractivity contribution in [1.82, 2.24) is 21.5 Å². The van der Waals surface area contributed by atoms with E-state index in [1.807, 2.05) is 66.7 Å². The second-order valence-corrected chi connectivity index (χ2v) is 8.67. The van der Waals surface area contributed by atoms with E-state index >= 15 is 0 Å². The summed E-state index contributed by atoms with van der Waals surface area (Å²) in [6.45, 7) is 2.82. The van der Waals surface area contributed by atoms with Crippen LogP contribution in [0.1, 0.15) is 42.0 Å². The molecule has 0 fully saturated rings. The molecule has 0 bridgehead atoms. The molecule has 0 aliphatic heterocycles. The van der Waals surface area contributed by atoms with Crippen LogP contribution >= 0.6 is 12.2 Å². The topological polar surface area (TPSA) is 83.7 Å². The maximum Gasteiger partial charge on any atom is 0.252 e. The van der Waals surface area contributed by atoms with Crippen LogP contribution in [0.4, 0.5) is 0 Å². The zero-order valence-electron chi connectivity index (χ0n) is 20.9. The van der Waals surface area contributed by atoms with E-state index in [4.69, 9.17) is 21.7 Å². The van der Waals surface area contributed by atoms with Crippen molar-refractivity contribution >= 4 is 23.2 Å².